The van der Waals surface area contributed by atoms with E-state index in [1.165, 1.54) is 0 Å². The van der Waals surface area contributed by atoms with Gasteiger partial charge < -0.3 is 14.5 Å². The highest BCUT2D eigenvalue weighted by atomic mass is 16.6. The summed E-state index contributed by atoms with van der Waals surface area (Å²) in [6, 6.07) is 11.3. The van der Waals surface area contributed by atoms with Crippen LogP contribution in [0.1, 0.15) is 44.5 Å². The number of carbonyl (C=O) groups is 3. The molecule has 0 bridgehead atoms. The van der Waals surface area contributed by atoms with E-state index in [9.17, 15) is 14.4 Å². The average molecular weight is 412 g/mol. The second-order valence-electron chi connectivity index (χ2n) is 8.40. The summed E-state index contributed by atoms with van der Waals surface area (Å²) in [7, 11) is 0. The first-order chi connectivity index (χ1) is 14.2. The van der Waals surface area contributed by atoms with E-state index in [4.69, 9.17) is 4.74 Å². The van der Waals surface area contributed by atoms with Gasteiger partial charge in [0.25, 0.3) is 5.91 Å². The lowest BCUT2D eigenvalue weighted by molar-refractivity contribution is -0.132. The molecule has 1 saturated heterocycles. The van der Waals surface area contributed by atoms with Crippen LogP contribution >= 0.6 is 0 Å². The smallest absolute Gasteiger partial charge is 0.412 e. The normalized spacial score (nSPS) is 14.5. The second kappa shape index (κ2) is 8.73. The molecule has 3 rings (SSSR count). The number of benzene rings is 2. The third kappa shape index (κ3) is 5.09. The van der Waals surface area contributed by atoms with Crippen LogP contribution in [0.4, 0.5) is 10.5 Å². The van der Waals surface area contributed by atoms with Gasteiger partial charge in [0.05, 0.1) is 11.3 Å². The Hall–Kier alpha value is -3.09. The summed E-state index contributed by atoms with van der Waals surface area (Å²) in [6.07, 6.45) is -0.145. The molecule has 160 valence electrons. The standard InChI is InChI=1S/C23H29N3O4/c1-5-20(27)25-10-12-26(13-11-25)21(28)18-14-16-8-6-7-9-17(16)15-19(18)24-22(29)30-23(2,3)4/h6-9,14-15H,5,10-13H2,1-4H3,(H,24,29). The molecule has 0 radical (unpaired) electrons. The molecule has 0 aliphatic carbocycles. The molecule has 0 aromatic heterocycles. The van der Waals surface area contributed by atoms with E-state index in [1.54, 1.807) is 42.7 Å². The van der Waals surface area contributed by atoms with Gasteiger partial charge in [0.1, 0.15) is 5.60 Å². The number of rotatable bonds is 3. The number of anilines is 1. The number of nitrogens with one attached hydrogen (secondary N) is 1. The van der Waals surface area contributed by atoms with E-state index in [0.717, 1.165) is 10.8 Å². The van der Waals surface area contributed by atoms with Crippen LogP contribution in [0.15, 0.2) is 36.4 Å². The first-order valence-electron chi connectivity index (χ1n) is 10.3. The fraction of sp³-hybridized carbons (Fsp3) is 0.435. The van der Waals surface area contributed by atoms with E-state index in [2.05, 4.69) is 5.32 Å². The summed E-state index contributed by atoms with van der Waals surface area (Å²) < 4.78 is 5.37. The quantitative estimate of drug-likeness (QED) is 0.831. The van der Waals surface area contributed by atoms with E-state index < -0.39 is 11.7 Å². The molecule has 0 atom stereocenters. The Kier molecular flexibility index (Phi) is 6.29. The largest absolute Gasteiger partial charge is 0.444 e. The molecule has 2 aromatic rings. The summed E-state index contributed by atoms with van der Waals surface area (Å²) in [6.45, 7) is 9.15. The van der Waals surface area contributed by atoms with Crippen LogP contribution in [0.5, 0.6) is 0 Å². The Morgan fingerprint density at radius 2 is 1.53 bits per heavy atom. The molecular weight excluding hydrogens is 382 g/mol. The van der Waals surface area contributed by atoms with Crippen LogP contribution in [-0.4, -0.2) is 59.5 Å². The van der Waals surface area contributed by atoms with Crippen molar-refractivity contribution in [2.75, 3.05) is 31.5 Å². The molecule has 30 heavy (non-hydrogen) atoms. The number of carbonyl (C=O) groups excluding carboxylic acids is 3. The Bertz CT molecular complexity index is 957. The summed E-state index contributed by atoms with van der Waals surface area (Å²) >= 11 is 0. The number of amides is 3. The van der Waals surface area contributed by atoms with E-state index in [1.807, 2.05) is 31.2 Å². The van der Waals surface area contributed by atoms with Crippen molar-refractivity contribution in [1.82, 2.24) is 9.80 Å². The number of fused-ring (bicyclic) bond motifs is 1. The van der Waals surface area contributed by atoms with Gasteiger partial charge in [-0.2, -0.15) is 0 Å². The molecule has 7 heteroatoms. The minimum atomic E-state index is -0.646. The molecule has 7 nitrogen and oxygen atoms in total. The number of nitrogens with zero attached hydrogens (tertiary/aromatic N) is 2. The van der Waals surface area contributed by atoms with E-state index in [0.29, 0.717) is 43.9 Å². The number of hydrogen-bond acceptors (Lipinski definition) is 4. The lowest BCUT2D eigenvalue weighted by Crippen LogP contribution is -2.50. The first-order valence-corrected chi connectivity index (χ1v) is 10.3. The minimum absolute atomic E-state index is 0.0973. The zero-order valence-corrected chi connectivity index (χ0v) is 18.0. The molecule has 1 aliphatic heterocycles. The number of hydrogen-bond donors (Lipinski definition) is 1. The van der Waals surface area contributed by atoms with Crippen molar-refractivity contribution < 1.29 is 19.1 Å². The summed E-state index contributed by atoms with van der Waals surface area (Å²) in [5.74, 6) is -0.0736. The van der Waals surface area contributed by atoms with Gasteiger partial charge in [-0.3, -0.25) is 14.9 Å². The van der Waals surface area contributed by atoms with Crippen LogP contribution in [0, 0.1) is 0 Å². The van der Waals surface area contributed by atoms with E-state index >= 15 is 0 Å². The molecular formula is C23H29N3O4. The van der Waals surface area contributed by atoms with Crippen LogP contribution in [-0.2, 0) is 9.53 Å². The SMILES string of the molecule is CCC(=O)N1CCN(C(=O)c2cc3ccccc3cc2NC(=O)OC(C)(C)C)CC1. The van der Waals surface area contributed by atoms with Crippen molar-refractivity contribution in [2.45, 2.75) is 39.7 Å². The Morgan fingerprint density at radius 3 is 2.10 bits per heavy atom. The van der Waals surface area contributed by atoms with Crippen molar-refractivity contribution in [3.05, 3.63) is 42.0 Å². The molecule has 3 amide bonds. The molecule has 0 unspecified atom stereocenters. The highest BCUT2D eigenvalue weighted by Gasteiger charge is 2.27. The predicted octanol–water partition coefficient (Wildman–Crippen LogP) is 3.88. The van der Waals surface area contributed by atoms with Gasteiger partial charge in [-0.05, 0) is 43.7 Å². The predicted molar refractivity (Wildman–Crippen MR) is 117 cm³/mol. The fourth-order valence-electron chi connectivity index (χ4n) is 3.49. The molecule has 0 spiro atoms. The maximum atomic E-state index is 13.3. The minimum Gasteiger partial charge on any atom is -0.444 e. The maximum Gasteiger partial charge on any atom is 0.412 e. The van der Waals surface area contributed by atoms with Crippen LogP contribution in [0.2, 0.25) is 0 Å². The molecule has 0 saturated carbocycles. The molecule has 1 fully saturated rings. The summed E-state index contributed by atoms with van der Waals surface area (Å²) in [5.41, 5.74) is 0.183. The second-order valence-corrected chi connectivity index (χ2v) is 8.40. The lowest BCUT2D eigenvalue weighted by atomic mass is 10.0. The Labute approximate surface area is 177 Å². The van der Waals surface area contributed by atoms with Crippen molar-refractivity contribution >= 4 is 34.4 Å². The molecule has 1 heterocycles. The third-order valence-corrected chi connectivity index (χ3v) is 4.97. The van der Waals surface area contributed by atoms with Gasteiger partial charge in [-0.15, -0.1) is 0 Å². The zero-order chi connectivity index (χ0) is 21.9. The summed E-state index contributed by atoms with van der Waals surface area (Å²) in [5, 5.41) is 4.57. The fourth-order valence-corrected chi connectivity index (χ4v) is 3.49. The van der Waals surface area contributed by atoms with Crippen LogP contribution in [0.25, 0.3) is 10.8 Å². The molecule has 1 N–H and O–H groups in total. The summed E-state index contributed by atoms with van der Waals surface area (Å²) in [4.78, 5) is 41.1. The monoisotopic (exact) mass is 411 g/mol. The van der Waals surface area contributed by atoms with Gasteiger partial charge >= 0.3 is 6.09 Å². The van der Waals surface area contributed by atoms with Crippen LogP contribution < -0.4 is 5.32 Å². The molecule has 1 aliphatic rings. The van der Waals surface area contributed by atoms with Gasteiger partial charge in [0, 0.05) is 32.6 Å². The highest BCUT2D eigenvalue weighted by Crippen LogP contribution is 2.26. The van der Waals surface area contributed by atoms with Crippen molar-refractivity contribution in [2.24, 2.45) is 0 Å². The lowest BCUT2D eigenvalue weighted by Gasteiger charge is -2.35. The molecule has 2 aromatic carbocycles. The average Bonchev–Trinajstić information content (AvgIpc) is 2.71. The van der Waals surface area contributed by atoms with Gasteiger partial charge in [-0.25, -0.2) is 4.79 Å². The maximum absolute atomic E-state index is 13.3. The van der Waals surface area contributed by atoms with Gasteiger partial charge in [-0.1, -0.05) is 31.2 Å². The Balaban J connectivity index is 1.87. The number of ether oxygens (including phenoxy) is 1. The van der Waals surface area contributed by atoms with Crippen molar-refractivity contribution in [1.29, 1.82) is 0 Å². The van der Waals surface area contributed by atoms with Crippen LogP contribution in [0.3, 0.4) is 0 Å². The first kappa shape index (κ1) is 21.6. The van der Waals surface area contributed by atoms with Crippen molar-refractivity contribution in [3.8, 4) is 0 Å². The van der Waals surface area contributed by atoms with E-state index in [-0.39, 0.29) is 11.8 Å². The van der Waals surface area contributed by atoms with Gasteiger partial charge in [0.15, 0.2) is 0 Å². The van der Waals surface area contributed by atoms with Gasteiger partial charge in [0.2, 0.25) is 5.91 Å². The topological polar surface area (TPSA) is 79.0 Å². The number of piperazine rings is 1. The Morgan fingerprint density at radius 1 is 0.967 bits per heavy atom. The zero-order valence-electron chi connectivity index (χ0n) is 18.0. The van der Waals surface area contributed by atoms with Crippen molar-refractivity contribution in [3.63, 3.8) is 0 Å². The third-order valence-electron chi connectivity index (χ3n) is 4.97. The highest BCUT2D eigenvalue weighted by molar-refractivity contribution is 6.07.